The molecule has 116 valence electrons. The Morgan fingerprint density at radius 2 is 1.76 bits per heavy atom. The molecule has 0 radical (unpaired) electrons. The fourth-order valence-electron chi connectivity index (χ4n) is 2.06. The summed E-state index contributed by atoms with van der Waals surface area (Å²) in [5.41, 5.74) is 2.32. The number of rotatable bonds is 5. The van der Waals surface area contributed by atoms with Crippen molar-refractivity contribution in [3.63, 3.8) is 0 Å². The molecular formula is C17H25NO3. The summed E-state index contributed by atoms with van der Waals surface area (Å²) in [6.07, 6.45) is 0.433. The molecule has 1 unspecified atom stereocenters. The summed E-state index contributed by atoms with van der Waals surface area (Å²) in [5, 5.41) is 2.64. The first-order valence-electron chi connectivity index (χ1n) is 7.27. The van der Waals surface area contributed by atoms with Crippen molar-refractivity contribution in [3.05, 3.63) is 35.4 Å². The van der Waals surface area contributed by atoms with E-state index < -0.39 is 12.0 Å². The molecule has 4 nitrogen and oxygen atoms in total. The van der Waals surface area contributed by atoms with Gasteiger partial charge in [0.1, 0.15) is 6.04 Å². The van der Waals surface area contributed by atoms with Crippen molar-refractivity contribution < 1.29 is 14.3 Å². The predicted octanol–water partition coefficient (Wildman–Crippen LogP) is 2.59. The van der Waals surface area contributed by atoms with E-state index in [1.165, 1.54) is 12.5 Å². The van der Waals surface area contributed by atoms with E-state index in [-0.39, 0.29) is 11.3 Å². The Kier molecular flexibility index (Phi) is 5.94. The number of carbonyl (C=O) groups is 2. The minimum Gasteiger partial charge on any atom is -0.464 e. The maximum absolute atomic E-state index is 11.9. The van der Waals surface area contributed by atoms with Crippen molar-refractivity contribution in [3.8, 4) is 0 Å². The van der Waals surface area contributed by atoms with Crippen molar-refractivity contribution in [1.29, 1.82) is 0 Å². The lowest BCUT2D eigenvalue weighted by Gasteiger charge is -2.20. The van der Waals surface area contributed by atoms with Gasteiger partial charge in [-0.15, -0.1) is 0 Å². The second-order valence-corrected chi connectivity index (χ2v) is 6.16. The zero-order chi connectivity index (χ0) is 16.0. The van der Waals surface area contributed by atoms with Gasteiger partial charge in [0.05, 0.1) is 6.61 Å². The third-order valence-corrected chi connectivity index (χ3v) is 3.21. The molecule has 1 atom stereocenters. The van der Waals surface area contributed by atoms with E-state index in [1.807, 2.05) is 12.1 Å². The molecular weight excluding hydrogens is 266 g/mol. The van der Waals surface area contributed by atoms with Crippen LogP contribution in [0.15, 0.2) is 24.3 Å². The van der Waals surface area contributed by atoms with Crippen LogP contribution in [0.25, 0.3) is 0 Å². The molecule has 21 heavy (non-hydrogen) atoms. The van der Waals surface area contributed by atoms with Crippen molar-refractivity contribution in [2.75, 3.05) is 6.61 Å². The number of esters is 1. The van der Waals surface area contributed by atoms with Gasteiger partial charge in [0, 0.05) is 13.3 Å². The third-order valence-electron chi connectivity index (χ3n) is 3.21. The maximum atomic E-state index is 11.9. The Balaban J connectivity index is 2.83. The number of amides is 1. The highest BCUT2D eigenvalue weighted by atomic mass is 16.5. The first kappa shape index (κ1) is 17.2. The molecule has 0 aliphatic carbocycles. The van der Waals surface area contributed by atoms with E-state index in [4.69, 9.17) is 4.74 Å². The van der Waals surface area contributed by atoms with Gasteiger partial charge in [0.25, 0.3) is 0 Å². The Hall–Kier alpha value is -1.84. The number of hydrogen-bond acceptors (Lipinski definition) is 3. The van der Waals surface area contributed by atoms with Crippen molar-refractivity contribution in [2.45, 2.75) is 52.5 Å². The minimum absolute atomic E-state index is 0.0940. The molecule has 1 amide bonds. The lowest BCUT2D eigenvalue weighted by molar-refractivity contribution is -0.147. The fraction of sp³-hybridized carbons (Fsp3) is 0.529. The lowest BCUT2D eigenvalue weighted by Crippen LogP contribution is -2.42. The molecule has 0 aliphatic heterocycles. The van der Waals surface area contributed by atoms with Gasteiger partial charge in [-0.2, -0.15) is 0 Å². The van der Waals surface area contributed by atoms with Crippen LogP contribution in [0, 0.1) is 0 Å². The molecule has 0 aromatic heterocycles. The smallest absolute Gasteiger partial charge is 0.328 e. The van der Waals surface area contributed by atoms with Gasteiger partial charge in [-0.05, 0) is 23.5 Å². The summed E-state index contributed by atoms with van der Waals surface area (Å²) < 4.78 is 5.00. The highest BCUT2D eigenvalue weighted by Gasteiger charge is 2.21. The number of carbonyl (C=O) groups excluding carboxylic acids is 2. The average Bonchev–Trinajstić information content (AvgIpc) is 2.37. The van der Waals surface area contributed by atoms with Crippen molar-refractivity contribution >= 4 is 11.9 Å². The summed E-state index contributed by atoms with van der Waals surface area (Å²) in [5.74, 6) is -0.632. The fourth-order valence-corrected chi connectivity index (χ4v) is 2.06. The topological polar surface area (TPSA) is 55.4 Å². The predicted molar refractivity (Wildman–Crippen MR) is 83.1 cm³/mol. The van der Waals surface area contributed by atoms with E-state index >= 15 is 0 Å². The summed E-state index contributed by atoms with van der Waals surface area (Å²) >= 11 is 0. The zero-order valence-corrected chi connectivity index (χ0v) is 13.5. The number of hydrogen-bond donors (Lipinski definition) is 1. The Morgan fingerprint density at radius 3 is 2.19 bits per heavy atom. The largest absolute Gasteiger partial charge is 0.464 e. The molecule has 1 aromatic carbocycles. The summed E-state index contributed by atoms with van der Waals surface area (Å²) in [7, 11) is 0. The molecule has 0 fully saturated rings. The molecule has 1 aromatic rings. The molecule has 4 heteroatoms. The lowest BCUT2D eigenvalue weighted by atomic mass is 9.86. The highest BCUT2D eigenvalue weighted by molar-refractivity contribution is 5.83. The quantitative estimate of drug-likeness (QED) is 0.848. The van der Waals surface area contributed by atoms with Gasteiger partial charge in [-0.3, -0.25) is 4.79 Å². The van der Waals surface area contributed by atoms with Gasteiger partial charge in [-0.1, -0.05) is 45.0 Å². The van der Waals surface area contributed by atoms with Crippen LogP contribution >= 0.6 is 0 Å². The van der Waals surface area contributed by atoms with Crippen molar-refractivity contribution in [1.82, 2.24) is 5.32 Å². The monoisotopic (exact) mass is 291 g/mol. The molecule has 0 saturated carbocycles. The molecule has 0 spiro atoms. The van der Waals surface area contributed by atoms with Crippen LogP contribution in [0.4, 0.5) is 0 Å². The Morgan fingerprint density at radius 1 is 1.19 bits per heavy atom. The second-order valence-electron chi connectivity index (χ2n) is 6.16. The van der Waals surface area contributed by atoms with Crippen LogP contribution in [0.5, 0.6) is 0 Å². The van der Waals surface area contributed by atoms with Gasteiger partial charge in [0.2, 0.25) is 5.91 Å². The summed E-state index contributed by atoms with van der Waals surface area (Å²) in [4.78, 5) is 23.1. The highest BCUT2D eigenvalue weighted by Crippen LogP contribution is 2.22. The number of benzene rings is 1. The first-order valence-corrected chi connectivity index (χ1v) is 7.27. The van der Waals surface area contributed by atoms with E-state index in [0.29, 0.717) is 13.0 Å². The van der Waals surface area contributed by atoms with Gasteiger partial charge >= 0.3 is 5.97 Å². The minimum atomic E-state index is -0.636. The normalized spacial score (nSPS) is 12.6. The Bertz CT molecular complexity index is 486. The average molecular weight is 291 g/mol. The van der Waals surface area contributed by atoms with Gasteiger partial charge in [-0.25, -0.2) is 4.79 Å². The molecule has 0 aliphatic rings. The Labute approximate surface area is 126 Å². The van der Waals surface area contributed by atoms with Gasteiger partial charge < -0.3 is 10.1 Å². The van der Waals surface area contributed by atoms with Crippen molar-refractivity contribution in [2.24, 2.45) is 0 Å². The van der Waals surface area contributed by atoms with Crippen LogP contribution < -0.4 is 5.32 Å². The van der Waals surface area contributed by atoms with E-state index in [2.05, 4.69) is 38.2 Å². The van der Waals surface area contributed by atoms with Crippen LogP contribution in [-0.4, -0.2) is 24.5 Å². The standard InChI is InChI=1S/C17H25NO3/c1-6-21-16(20)15(18-12(2)19)11-13-7-9-14(10-8-13)17(3,4)5/h7-10,15H,6,11H2,1-5H3,(H,18,19). The second kappa shape index (κ2) is 7.25. The number of nitrogens with one attached hydrogen (secondary N) is 1. The van der Waals surface area contributed by atoms with E-state index in [9.17, 15) is 9.59 Å². The molecule has 1 N–H and O–H groups in total. The molecule has 1 rings (SSSR count). The molecule has 0 heterocycles. The SMILES string of the molecule is CCOC(=O)C(Cc1ccc(C(C)(C)C)cc1)NC(C)=O. The van der Waals surface area contributed by atoms with E-state index in [0.717, 1.165) is 5.56 Å². The van der Waals surface area contributed by atoms with Crippen LogP contribution in [0.2, 0.25) is 0 Å². The zero-order valence-electron chi connectivity index (χ0n) is 13.5. The number of ether oxygens (including phenoxy) is 1. The molecule has 0 saturated heterocycles. The maximum Gasteiger partial charge on any atom is 0.328 e. The summed E-state index contributed by atoms with van der Waals surface area (Å²) in [6, 6.07) is 7.47. The van der Waals surface area contributed by atoms with E-state index in [1.54, 1.807) is 6.92 Å². The van der Waals surface area contributed by atoms with Crippen LogP contribution in [0.1, 0.15) is 45.7 Å². The molecule has 0 bridgehead atoms. The van der Waals surface area contributed by atoms with Crippen LogP contribution in [-0.2, 0) is 26.2 Å². The summed E-state index contributed by atoms with van der Waals surface area (Å²) in [6.45, 7) is 9.91. The third kappa shape index (κ3) is 5.58. The van der Waals surface area contributed by atoms with Gasteiger partial charge in [0.15, 0.2) is 0 Å². The van der Waals surface area contributed by atoms with Crippen LogP contribution in [0.3, 0.4) is 0 Å². The first-order chi connectivity index (χ1) is 9.74.